The van der Waals surface area contributed by atoms with Gasteiger partial charge in [0.25, 0.3) is 0 Å². The minimum Gasteiger partial charge on any atom is -0.389 e. The van der Waals surface area contributed by atoms with Gasteiger partial charge in [-0.15, -0.1) is 0 Å². The predicted molar refractivity (Wildman–Crippen MR) is 79.0 cm³/mol. The molecular weight excluding hydrogens is 232 g/mol. The summed E-state index contributed by atoms with van der Waals surface area (Å²) >= 11 is 0. The van der Waals surface area contributed by atoms with Crippen molar-refractivity contribution in [2.24, 2.45) is 0 Å². The molecule has 0 saturated heterocycles. The number of benzene rings is 2. The van der Waals surface area contributed by atoms with Crippen molar-refractivity contribution in [3.8, 4) is 0 Å². The van der Waals surface area contributed by atoms with Crippen LogP contribution in [0.5, 0.6) is 0 Å². The van der Waals surface area contributed by atoms with Crippen LogP contribution in [0.4, 0.5) is 0 Å². The van der Waals surface area contributed by atoms with Crippen LogP contribution in [0.25, 0.3) is 6.08 Å². The lowest BCUT2D eigenvalue weighted by Gasteiger charge is -2.09. The van der Waals surface area contributed by atoms with Gasteiger partial charge in [0.2, 0.25) is 0 Å². The van der Waals surface area contributed by atoms with E-state index in [2.05, 4.69) is 48.5 Å². The summed E-state index contributed by atoms with van der Waals surface area (Å²) in [7, 11) is 0. The lowest BCUT2D eigenvalue weighted by Crippen LogP contribution is -2.06. The van der Waals surface area contributed by atoms with Gasteiger partial charge in [0.05, 0.1) is 6.10 Å². The fourth-order valence-corrected chi connectivity index (χ4v) is 2.46. The average molecular weight is 250 g/mol. The molecule has 0 spiro atoms. The highest BCUT2D eigenvalue weighted by molar-refractivity contribution is 5.50. The maximum Gasteiger partial charge on any atom is 0.0764 e. The molecule has 2 aromatic carbocycles. The summed E-state index contributed by atoms with van der Waals surface area (Å²) in [5, 5.41) is 10.0. The van der Waals surface area contributed by atoms with E-state index in [-0.39, 0.29) is 0 Å². The fourth-order valence-electron chi connectivity index (χ4n) is 2.46. The molecule has 0 unspecified atom stereocenters. The second-order valence-corrected chi connectivity index (χ2v) is 5.19. The SMILES string of the molecule is O[C@@H]1/C=C\c2ccc(cc2)CCc2ccc(cc2)C1. The zero-order valence-corrected chi connectivity index (χ0v) is 10.9. The monoisotopic (exact) mass is 250 g/mol. The highest BCUT2D eigenvalue weighted by Gasteiger charge is 2.03. The Morgan fingerprint density at radius 2 is 1.26 bits per heavy atom. The largest absolute Gasteiger partial charge is 0.389 e. The lowest BCUT2D eigenvalue weighted by molar-refractivity contribution is 0.224. The van der Waals surface area contributed by atoms with Crippen LogP contribution in [0, 0.1) is 0 Å². The van der Waals surface area contributed by atoms with E-state index >= 15 is 0 Å². The molecule has 0 radical (unpaired) electrons. The van der Waals surface area contributed by atoms with Crippen LogP contribution in [-0.4, -0.2) is 11.2 Å². The second-order valence-electron chi connectivity index (χ2n) is 5.19. The van der Waals surface area contributed by atoms with Crippen LogP contribution in [0.3, 0.4) is 0 Å². The van der Waals surface area contributed by atoms with Gasteiger partial charge in [-0.1, -0.05) is 60.7 Å². The molecule has 1 atom stereocenters. The first-order valence-electron chi connectivity index (χ1n) is 6.83. The number of aliphatic hydroxyl groups is 1. The van der Waals surface area contributed by atoms with E-state index in [1.165, 1.54) is 16.7 Å². The maximum absolute atomic E-state index is 10.0. The summed E-state index contributed by atoms with van der Waals surface area (Å²) in [6, 6.07) is 17.2. The molecule has 0 aromatic heterocycles. The Labute approximate surface area is 114 Å². The number of rotatable bonds is 0. The first-order chi connectivity index (χ1) is 9.29. The molecule has 4 aliphatic rings. The molecular formula is C18H18O. The molecule has 6 rings (SSSR count). The van der Waals surface area contributed by atoms with Gasteiger partial charge in [0, 0.05) is 6.42 Å². The molecule has 1 N–H and O–H groups in total. The molecule has 1 heteroatoms. The molecule has 96 valence electrons. The Morgan fingerprint density at radius 1 is 0.737 bits per heavy atom. The van der Waals surface area contributed by atoms with Crippen LogP contribution >= 0.6 is 0 Å². The Bertz CT molecular complexity index is 564. The van der Waals surface area contributed by atoms with Crippen LogP contribution in [0.15, 0.2) is 54.6 Å². The first kappa shape index (κ1) is 12.2. The van der Waals surface area contributed by atoms with Crippen molar-refractivity contribution < 1.29 is 5.11 Å². The second kappa shape index (κ2) is 5.41. The maximum atomic E-state index is 10.0. The van der Waals surface area contributed by atoms with E-state index in [9.17, 15) is 5.11 Å². The van der Waals surface area contributed by atoms with Crippen molar-refractivity contribution >= 4 is 6.08 Å². The van der Waals surface area contributed by atoms with Crippen molar-refractivity contribution in [2.75, 3.05) is 0 Å². The van der Waals surface area contributed by atoms with Gasteiger partial charge in [-0.3, -0.25) is 0 Å². The van der Waals surface area contributed by atoms with Crippen molar-refractivity contribution in [1.82, 2.24) is 0 Å². The topological polar surface area (TPSA) is 20.2 Å². The van der Waals surface area contributed by atoms with E-state index < -0.39 is 6.10 Å². The quantitative estimate of drug-likeness (QED) is 0.759. The molecule has 0 saturated carbocycles. The standard InChI is InChI=1S/C18H18O/c19-18-12-11-16-5-3-14(4-6-16)1-2-15-7-9-17(13-18)10-8-15/h3-12,18-19H,1-2,13H2/b12-11-/t18-/m1/s1. The third-order valence-corrected chi connectivity index (χ3v) is 3.66. The predicted octanol–water partition coefficient (Wildman–Crippen LogP) is 3.40. The summed E-state index contributed by atoms with van der Waals surface area (Å²) in [5.41, 5.74) is 5.05. The first-order valence-corrected chi connectivity index (χ1v) is 6.83. The van der Waals surface area contributed by atoms with E-state index in [0.717, 1.165) is 18.4 Å². The minimum absolute atomic E-state index is 0.423. The van der Waals surface area contributed by atoms with Gasteiger partial charge in [0.1, 0.15) is 0 Å². The molecule has 0 aliphatic heterocycles. The molecule has 19 heavy (non-hydrogen) atoms. The molecule has 0 amide bonds. The average Bonchev–Trinajstić information content (AvgIpc) is 2.45. The number of hydrogen-bond donors (Lipinski definition) is 1. The van der Waals surface area contributed by atoms with Crippen molar-refractivity contribution in [3.63, 3.8) is 0 Å². The van der Waals surface area contributed by atoms with Gasteiger partial charge in [-0.05, 0) is 35.1 Å². The molecule has 0 fully saturated rings. The van der Waals surface area contributed by atoms with Gasteiger partial charge in [0.15, 0.2) is 0 Å². The van der Waals surface area contributed by atoms with Gasteiger partial charge in [-0.2, -0.15) is 0 Å². The zero-order chi connectivity index (χ0) is 13.1. The van der Waals surface area contributed by atoms with Crippen LogP contribution in [0.2, 0.25) is 0 Å². The van der Waals surface area contributed by atoms with E-state index in [0.29, 0.717) is 6.42 Å². The molecule has 1 nitrogen and oxygen atoms in total. The third-order valence-electron chi connectivity index (χ3n) is 3.66. The van der Waals surface area contributed by atoms with E-state index in [1.54, 1.807) is 0 Å². The minimum atomic E-state index is -0.423. The fraction of sp³-hybridized carbons (Fsp3) is 0.222. The highest BCUT2D eigenvalue weighted by Crippen LogP contribution is 2.14. The summed E-state index contributed by atoms with van der Waals surface area (Å²) < 4.78 is 0. The van der Waals surface area contributed by atoms with Gasteiger partial charge >= 0.3 is 0 Å². The number of aliphatic hydroxyl groups excluding tert-OH is 1. The normalized spacial score (nSPS) is 20.2. The van der Waals surface area contributed by atoms with Crippen molar-refractivity contribution in [1.29, 1.82) is 0 Å². The molecule has 4 aliphatic carbocycles. The number of aryl methyl sites for hydroxylation is 2. The van der Waals surface area contributed by atoms with Crippen LogP contribution in [0.1, 0.15) is 22.3 Å². The van der Waals surface area contributed by atoms with E-state index in [1.807, 2.05) is 12.2 Å². The van der Waals surface area contributed by atoms with Crippen molar-refractivity contribution in [2.45, 2.75) is 25.4 Å². The Hall–Kier alpha value is -1.86. The summed E-state index contributed by atoms with van der Waals surface area (Å²) in [6.45, 7) is 0. The van der Waals surface area contributed by atoms with Gasteiger partial charge in [-0.25, -0.2) is 0 Å². The summed E-state index contributed by atoms with van der Waals surface area (Å²) in [5.74, 6) is 0. The highest BCUT2D eigenvalue weighted by atomic mass is 16.3. The smallest absolute Gasteiger partial charge is 0.0764 e. The Morgan fingerprint density at radius 3 is 1.89 bits per heavy atom. The molecule has 0 heterocycles. The van der Waals surface area contributed by atoms with E-state index in [4.69, 9.17) is 0 Å². The molecule has 2 aromatic rings. The zero-order valence-electron chi connectivity index (χ0n) is 10.9. The molecule has 4 bridgehead atoms. The summed E-state index contributed by atoms with van der Waals surface area (Å²) in [4.78, 5) is 0. The summed E-state index contributed by atoms with van der Waals surface area (Å²) in [6.07, 6.45) is 6.26. The lowest BCUT2D eigenvalue weighted by atomic mass is 9.99. The van der Waals surface area contributed by atoms with Gasteiger partial charge < -0.3 is 5.11 Å². The number of hydrogen-bond acceptors (Lipinski definition) is 1. The van der Waals surface area contributed by atoms with Crippen molar-refractivity contribution in [3.05, 3.63) is 76.9 Å². The Balaban J connectivity index is 1.95. The third kappa shape index (κ3) is 3.12. The van der Waals surface area contributed by atoms with Crippen LogP contribution < -0.4 is 0 Å². The Kier molecular flexibility index (Phi) is 3.47. The van der Waals surface area contributed by atoms with Crippen LogP contribution in [-0.2, 0) is 19.3 Å².